The van der Waals surface area contributed by atoms with Crippen LogP contribution in [0.3, 0.4) is 0 Å². The summed E-state index contributed by atoms with van der Waals surface area (Å²) in [4.78, 5) is 10.8. The van der Waals surface area contributed by atoms with Crippen molar-refractivity contribution in [3.05, 3.63) is 146 Å². The van der Waals surface area contributed by atoms with Gasteiger partial charge in [-0.05, 0) is 53.2 Å². The molecule has 0 aliphatic heterocycles. The monoisotopic (exact) mass is 624 g/mol. The Hall–Kier alpha value is -6.72. The van der Waals surface area contributed by atoms with E-state index in [1.54, 1.807) is 0 Å². The third-order valence-electron chi connectivity index (χ3n) is 10.4. The minimum Gasteiger partial charge on any atom is -0.452 e. The fourth-order valence-electron chi connectivity index (χ4n) is 8.38. The zero-order chi connectivity index (χ0) is 31.8. The van der Waals surface area contributed by atoms with E-state index in [0.29, 0.717) is 11.5 Å². The Morgan fingerprint density at radius 1 is 0.469 bits per heavy atom. The first kappa shape index (κ1) is 25.4. The van der Waals surface area contributed by atoms with Crippen LogP contribution >= 0.6 is 0 Å². The van der Waals surface area contributed by atoms with Crippen molar-refractivity contribution < 1.29 is 4.42 Å². The van der Waals surface area contributed by atoms with Gasteiger partial charge in [-0.3, -0.25) is 4.57 Å². The SMILES string of the molecule is c1ccc(-c2nc(-n3c4cc5ccccc5cc4c4c5c6ccccc6n6c7ccccc7c(cc43)c56)nc3c2oc2ccccc23)cc1. The highest BCUT2D eigenvalue weighted by Crippen LogP contribution is 2.47. The van der Waals surface area contributed by atoms with E-state index in [0.717, 1.165) is 38.8 Å². The van der Waals surface area contributed by atoms with Gasteiger partial charge in [0.2, 0.25) is 5.95 Å². The summed E-state index contributed by atoms with van der Waals surface area (Å²) in [6, 6.07) is 51.6. The Balaban J connectivity index is 1.35. The second kappa shape index (κ2) is 9.00. The van der Waals surface area contributed by atoms with Crippen molar-refractivity contribution in [2.24, 2.45) is 0 Å². The van der Waals surface area contributed by atoms with E-state index < -0.39 is 0 Å². The van der Waals surface area contributed by atoms with E-state index in [9.17, 15) is 0 Å². The van der Waals surface area contributed by atoms with Gasteiger partial charge in [-0.1, -0.05) is 103 Å². The number of benzene rings is 7. The summed E-state index contributed by atoms with van der Waals surface area (Å²) in [5.74, 6) is 0.620. The average molecular weight is 625 g/mol. The molecule has 0 spiro atoms. The van der Waals surface area contributed by atoms with Gasteiger partial charge in [0.05, 0.1) is 27.6 Å². The van der Waals surface area contributed by atoms with Gasteiger partial charge in [0.15, 0.2) is 5.58 Å². The molecule has 0 saturated heterocycles. The molecular weight excluding hydrogens is 601 g/mol. The lowest BCUT2D eigenvalue weighted by atomic mass is 10.0. The molecule has 12 rings (SSSR count). The van der Waals surface area contributed by atoms with Gasteiger partial charge in [-0.2, -0.15) is 0 Å². The third kappa shape index (κ3) is 3.19. The highest BCUT2D eigenvalue weighted by Gasteiger charge is 2.26. The van der Waals surface area contributed by atoms with Crippen molar-refractivity contribution in [1.29, 1.82) is 0 Å². The molecule has 5 aromatic heterocycles. The van der Waals surface area contributed by atoms with Gasteiger partial charge >= 0.3 is 0 Å². The first-order valence-corrected chi connectivity index (χ1v) is 16.6. The number of hydrogen-bond donors (Lipinski definition) is 0. The minimum absolute atomic E-state index is 0.620. The zero-order valence-corrected chi connectivity index (χ0v) is 26.1. The van der Waals surface area contributed by atoms with Crippen molar-refractivity contribution in [3.63, 3.8) is 0 Å². The topological polar surface area (TPSA) is 48.3 Å². The maximum atomic E-state index is 6.48. The summed E-state index contributed by atoms with van der Waals surface area (Å²) in [6.07, 6.45) is 0. The lowest BCUT2D eigenvalue weighted by molar-refractivity contribution is 0.666. The van der Waals surface area contributed by atoms with Crippen LogP contribution in [0.5, 0.6) is 0 Å². The summed E-state index contributed by atoms with van der Waals surface area (Å²) in [5.41, 5.74) is 9.90. The van der Waals surface area contributed by atoms with Crippen molar-refractivity contribution >= 4 is 92.7 Å². The molecule has 0 aliphatic carbocycles. The maximum absolute atomic E-state index is 6.48. The molecule has 0 amide bonds. The Kier molecular flexibility index (Phi) is 4.66. The summed E-state index contributed by atoms with van der Waals surface area (Å²) < 4.78 is 11.2. The highest BCUT2D eigenvalue weighted by atomic mass is 16.3. The zero-order valence-electron chi connectivity index (χ0n) is 26.1. The molecule has 226 valence electrons. The Bertz CT molecular complexity index is 3330. The Labute approximate surface area is 278 Å². The highest BCUT2D eigenvalue weighted by molar-refractivity contribution is 6.36. The van der Waals surface area contributed by atoms with E-state index in [4.69, 9.17) is 14.4 Å². The van der Waals surface area contributed by atoms with Crippen LogP contribution in [0.15, 0.2) is 150 Å². The summed E-state index contributed by atoms with van der Waals surface area (Å²) in [5, 5.41) is 10.7. The van der Waals surface area contributed by atoms with Gasteiger partial charge in [0.25, 0.3) is 0 Å². The second-order valence-corrected chi connectivity index (χ2v) is 13.0. The van der Waals surface area contributed by atoms with Crippen LogP contribution in [-0.2, 0) is 0 Å². The summed E-state index contributed by atoms with van der Waals surface area (Å²) in [6.45, 7) is 0. The molecular formula is C44H24N4O. The smallest absolute Gasteiger partial charge is 0.236 e. The maximum Gasteiger partial charge on any atom is 0.236 e. The van der Waals surface area contributed by atoms with Crippen LogP contribution in [0.2, 0.25) is 0 Å². The standard InChI is InChI=1S/C44H24N4O/c1-2-12-25(13-3-1)40-43-41(30-18-8-11-21-37(30)49-43)46-44(45-40)48-35-23-27-15-5-4-14-26(27)22-32(35)38-36(48)24-31-28-16-6-9-19-33(28)47-34-20-10-7-17-29(34)39(38)42(31)47/h1-24H. The van der Waals surface area contributed by atoms with Gasteiger partial charge in [-0.25, -0.2) is 9.97 Å². The first-order chi connectivity index (χ1) is 24.3. The predicted molar refractivity (Wildman–Crippen MR) is 201 cm³/mol. The fourth-order valence-corrected chi connectivity index (χ4v) is 8.38. The van der Waals surface area contributed by atoms with E-state index in [1.165, 1.54) is 59.6 Å². The van der Waals surface area contributed by atoms with Gasteiger partial charge in [0, 0.05) is 43.3 Å². The average Bonchev–Trinajstić information content (AvgIpc) is 3.89. The van der Waals surface area contributed by atoms with Gasteiger partial charge in [-0.15, -0.1) is 0 Å². The molecule has 49 heavy (non-hydrogen) atoms. The molecule has 5 heteroatoms. The van der Waals surface area contributed by atoms with Crippen molar-refractivity contribution in [2.45, 2.75) is 0 Å². The predicted octanol–water partition coefficient (Wildman–Crippen LogP) is 11.4. The summed E-state index contributed by atoms with van der Waals surface area (Å²) in [7, 11) is 0. The molecule has 7 aromatic carbocycles. The van der Waals surface area contributed by atoms with Crippen molar-refractivity contribution in [3.8, 4) is 17.2 Å². The largest absolute Gasteiger partial charge is 0.452 e. The fraction of sp³-hybridized carbons (Fsp3) is 0. The van der Waals surface area contributed by atoms with E-state index >= 15 is 0 Å². The number of hydrogen-bond acceptors (Lipinski definition) is 3. The van der Waals surface area contributed by atoms with E-state index in [1.807, 2.05) is 36.4 Å². The van der Waals surface area contributed by atoms with Crippen LogP contribution in [0.4, 0.5) is 0 Å². The molecule has 0 fully saturated rings. The molecule has 0 bridgehead atoms. The molecule has 5 nitrogen and oxygen atoms in total. The second-order valence-electron chi connectivity index (χ2n) is 13.0. The number of para-hydroxylation sites is 3. The normalized spacial score (nSPS) is 12.5. The van der Waals surface area contributed by atoms with Crippen LogP contribution in [-0.4, -0.2) is 18.9 Å². The lowest BCUT2D eigenvalue weighted by Gasteiger charge is -2.10. The molecule has 0 N–H and O–H groups in total. The molecule has 0 aliphatic rings. The molecule has 0 unspecified atom stereocenters. The quantitative estimate of drug-likeness (QED) is 0.192. The molecule has 12 aromatic rings. The Morgan fingerprint density at radius 2 is 1.14 bits per heavy atom. The number of fused-ring (bicyclic) bond motifs is 14. The van der Waals surface area contributed by atoms with Crippen LogP contribution < -0.4 is 0 Å². The van der Waals surface area contributed by atoms with Gasteiger partial charge < -0.3 is 8.82 Å². The molecule has 5 heterocycles. The summed E-state index contributed by atoms with van der Waals surface area (Å²) >= 11 is 0. The van der Waals surface area contributed by atoms with Crippen LogP contribution in [0.1, 0.15) is 0 Å². The van der Waals surface area contributed by atoms with E-state index in [-0.39, 0.29) is 0 Å². The molecule has 0 saturated carbocycles. The number of furan rings is 1. The van der Waals surface area contributed by atoms with Crippen molar-refractivity contribution in [1.82, 2.24) is 18.9 Å². The van der Waals surface area contributed by atoms with Crippen LogP contribution in [0, 0.1) is 0 Å². The van der Waals surface area contributed by atoms with Gasteiger partial charge in [0.1, 0.15) is 16.8 Å². The lowest BCUT2D eigenvalue weighted by Crippen LogP contribution is -2.03. The molecule has 0 atom stereocenters. The first-order valence-electron chi connectivity index (χ1n) is 16.6. The number of aromatic nitrogens is 4. The van der Waals surface area contributed by atoms with Crippen LogP contribution in [0.25, 0.3) is 110 Å². The number of rotatable bonds is 2. The molecule has 0 radical (unpaired) electrons. The van der Waals surface area contributed by atoms with E-state index in [2.05, 4.69) is 118 Å². The van der Waals surface area contributed by atoms with Crippen molar-refractivity contribution in [2.75, 3.05) is 0 Å². The number of nitrogens with zero attached hydrogens (tertiary/aromatic N) is 4. The third-order valence-corrected chi connectivity index (χ3v) is 10.4. The minimum atomic E-state index is 0.620. The Morgan fingerprint density at radius 3 is 1.98 bits per heavy atom.